The first-order valence-corrected chi connectivity index (χ1v) is 9.13. The fourth-order valence-electron chi connectivity index (χ4n) is 3.05. The third-order valence-corrected chi connectivity index (χ3v) is 4.31. The van der Waals surface area contributed by atoms with E-state index in [2.05, 4.69) is 4.90 Å². The van der Waals surface area contributed by atoms with Crippen molar-refractivity contribution in [3.8, 4) is 0 Å². The number of hydrogen-bond donors (Lipinski definition) is 0. The summed E-state index contributed by atoms with van der Waals surface area (Å²) in [5, 5.41) is 0. The second kappa shape index (κ2) is 8.64. The molecule has 0 aromatic heterocycles. The molecule has 1 saturated heterocycles. The van der Waals surface area contributed by atoms with E-state index in [1.807, 2.05) is 70.1 Å². The van der Waals surface area contributed by atoms with Gasteiger partial charge >= 0.3 is 6.09 Å². The summed E-state index contributed by atoms with van der Waals surface area (Å²) in [5.74, 6) is 0.130. The third kappa shape index (κ3) is 5.81. The van der Waals surface area contributed by atoms with Crippen LogP contribution in [0.3, 0.4) is 0 Å². The molecular formula is C20H31N3O3. The van der Waals surface area contributed by atoms with Gasteiger partial charge < -0.3 is 14.5 Å². The highest BCUT2D eigenvalue weighted by atomic mass is 16.6. The molecule has 1 aliphatic rings. The normalized spacial score (nSPS) is 17.2. The van der Waals surface area contributed by atoms with E-state index in [4.69, 9.17) is 4.74 Å². The predicted molar refractivity (Wildman–Crippen MR) is 102 cm³/mol. The Morgan fingerprint density at radius 2 is 1.65 bits per heavy atom. The van der Waals surface area contributed by atoms with Crippen LogP contribution in [0, 0.1) is 0 Å². The molecular weight excluding hydrogens is 330 g/mol. The number of hydrogen-bond acceptors (Lipinski definition) is 5. The Hall–Kier alpha value is -1.92. The van der Waals surface area contributed by atoms with Gasteiger partial charge in [0, 0.05) is 38.3 Å². The third-order valence-electron chi connectivity index (χ3n) is 4.31. The predicted octanol–water partition coefficient (Wildman–Crippen LogP) is 2.35. The summed E-state index contributed by atoms with van der Waals surface area (Å²) >= 11 is 0. The molecule has 1 amide bonds. The van der Waals surface area contributed by atoms with Crippen LogP contribution >= 0.6 is 0 Å². The van der Waals surface area contributed by atoms with Crippen molar-refractivity contribution in [2.24, 2.45) is 0 Å². The lowest BCUT2D eigenvalue weighted by atomic mass is 10.0. The molecule has 1 fully saturated rings. The summed E-state index contributed by atoms with van der Waals surface area (Å²) < 4.78 is 5.45. The van der Waals surface area contributed by atoms with Crippen molar-refractivity contribution in [1.82, 2.24) is 14.7 Å². The molecule has 1 aromatic carbocycles. The van der Waals surface area contributed by atoms with Crippen LogP contribution in [0.4, 0.5) is 4.79 Å². The lowest BCUT2D eigenvalue weighted by molar-refractivity contribution is 0.00986. The first kappa shape index (κ1) is 20.4. The first-order valence-electron chi connectivity index (χ1n) is 9.13. The molecule has 1 atom stereocenters. The van der Waals surface area contributed by atoms with Crippen molar-refractivity contribution in [3.63, 3.8) is 0 Å². The highest BCUT2D eigenvalue weighted by Gasteiger charge is 2.32. The standard InChI is InChI=1S/C20H31N3O3/c1-20(2,3)26-19(25)23-13-11-22(12-14-23)17(15-21(4)5)18(24)16-9-7-6-8-10-16/h6-10,17H,11-15H2,1-5H3. The zero-order valence-electron chi connectivity index (χ0n) is 16.6. The Labute approximate surface area is 156 Å². The monoisotopic (exact) mass is 361 g/mol. The fourth-order valence-corrected chi connectivity index (χ4v) is 3.05. The minimum Gasteiger partial charge on any atom is -0.444 e. The van der Waals surface area contributed by atoms with Gasteiger partial charge in [0.2, 0.25) is 0 Å². The lowest BCUT2D eigenvalue weighted by Gasteiger charge is -2.39. The summed E-state index contributed by atoms with van der Waals surface area (Å²) in [6.07, 6.45) is -0.282. The SMILES string of the molecule is CN(C)CC(C(=O)c1ccccc1)N1CCN(C(=O)OC(C)(C)C)CC1. The number of nitrogens with zero attached hydrogens (tertiary/aromatic N) is 3. The fraction of sp³-hybridized carbons (Fsp3) is 0.600. The molecule has 0 spiro atoms. The summed E-state index contributed by atoms with van der Waals surface area (Å²) in [5.41, 5.74) is 0.235. The van der Waals surface area contributed by atoms with Crippen molar-refractivity contribution in [1.29, 1.82) is 0 Å². The van der Waals surface area contributed by atoms with Crippen LogP contribution in [-0.4, -0.2) is 85.0 Å². The van der Waals surface area contributed by atoms with Crippen LogP contribution in [0.15, 0.2) is 30.3 Å². The number of rotatable bonds is 5. The zero-order valence-corrected chi connectivity index (χ0v) is 16.6. The van der Waals surface area contributed by atoms with E-state index in [0.717, 1.165) is 5.56 Å². The van der Waals surface area contributed by atoms with E-state index >= 15 is 0 Å². The zero-order chi connectivity index (χ0) is 19.3. The summed E-state index contributed by atoms with van der Waals surface area (Å²) in [4.78, 5) is 31.2. The molecule has 1 heterocycles. The number of amides is 1. The van der Waals surface area contributed by atoms with Gasteiger partial charge in [0.25, 0.3) is 0 Å². The number of carbonyl (C=O) groups is 2. The minimum absolute atomic E-state index is 0.130. The van der Waals surface area contributed by atoms with E-state index in [1.54, 1.807) is 4.90 Å². The van der Waals surface area contributed by atoms with Crippen LogP contribution in [-0.2, 0) is 4.74 Å². The molecule has 1 aromatic rings. The number of piperazine rings is 1. The quantitative estimate of drug-likeness (QED) is 0.754. The van der Waals surface area contributed by atoms with E-state index in [0.29, 0.717) is 32.7 Å². The average Bonchev–Trinajstić information content (AvgIpc) is 2.58. The van der Waals surface area contributed by atoms with Gasteiger partial charge in [0.1, 0.15) is 5.60 Å². The summed E-state index contributed by atoms with van der Waals surface area (Å²) in [7, 11) is 3.95. The van der Waals surface area contributed by atoms with Gasteiger partial charge in [-0.2, -0.15) is 0 Å². The van der Waals surface area contributed by atoms with Crippen LogP contribution in [0.1, 0.15) is 31.1 Å². The smallest absolute Gasteiger partial charge is 0.410 e. The Bertz CT molecular complexity index is 602. The van der Waals surface area contributed by atoms with Crippen LogP contribution in [0.25, 0.3) is 0 Å². The van der Waals surface area contributed by atoms with Gasteiger partial charge in [-0.1, -0.05) is 30.3 Å². The van der Waals surface area contributed by atoms with Gasteiger partial charge in [-0.05, 0) is 34.9 Å². The molecule has 1 unspecified atom stereocenters. The number of ketones is 1. The number of Topliss-reactive ketones (excluding diaryl/α,β-unsaturated/α-hetero) is 1. The number of ether oxygens (including phenoxy) is 1. The van der Waals surface area contributed by atoms with Crippen molar-refractivity contribution < 1.29 is 14.3 Å². The van der Waals surface area contributed by atoms with Gasteiger partial charge in [-0.25, -0.2) is 4.79 Å². The van der Waals surface area contributed by atoms with E-state index in [1.165, 1.54) is 0 Å². The molecule has 1 aliphatic heterocycles. The Kier molecular flexibility index (Phi) is 6.78. The molecule has 6 heteroatoms. The number of likely N-dealkylation sites (N-methyl/N-ethyl adjacent to an activating group) is 1. The van der Waals surface area contributed by atoms with E-state index < -0.39 is 5.60 Å². The maximum Gasteiger partial charge on any atom is 0.410 e. The largest absolute Gasteiger partial charge is 0.444 e. The van der Waals surface area contributed by atoms with Gasteiger partial charge in [-0.3, -0.25) is 9.69 Å². The average molecular weight is 361 g/mol. The van der Waals surface area contributed by atoms with Gasteiger partial charge in [0.05, 0.1) is 6.04 Å². The molecule has 2 rings (SSSR count). The number of carbonyl (C=O) groups excluding carboxylic acids is 2. The molecule has 6 nitrogen and oxygen atoms in total. The summed E-state index contributed by atoms with van der Waals surface area (Å²) in [6.45, 7) is 8.72. The molecule has 0 saturated carbocycles. The topological polar surface area (TPSA) is 53.1 Å². The molecule has 0 N–H and O–H groups in total. The molecule has 0 bridgehead atoms. The molecule has 26 heavy (non-hydrogen) atoms. The van der Waals surface area contributed by atoms with Gasteiger partial charge in [-0.15, -0.1) is 0 Å². The Morgan fingerprint density at radius 1 is 1.08 bits per heavy atom. The molecule has 0 radical (unpaired) electrons. The first-order chi connectivity index (χ1) is 12.2. The van der Waals surface area contributed by atoms with E-state index in [-0.39, 0.29) is 17.9 Å². The highest BCUT2D eigenvalue weighted by Crippen LogP contribution is 2.16. The van der Waals surface area contributed by atoms with Crippen molar-refractivity contribution in [2.45, 2.75) is 32.4 Å². The lowest BCUT2D eigenvalue weighted by Crippen LogP contribution is -2.56. The van der Waals surface area contributed by atoms with Crippen molar-refractivity contribution >= 4 is 11.9 Å². The van der Waals surface area contributed by atoms with Crippen LogP contribution in [0.5, 0.6) is 0 Å². The molecule has 0 aliphatic carbocycles. The highest BCUT2D eigenvalue weighted by molar-refractivity contribution is 6.00. The second-order valence-corrected chi connectivity index (χ2v) is 8.01. The Morgan fingerprint density at radius 3 is 2.15 bits per heavy atom. The Balaban J connectivity index is 2.03. The molecule has 144 valence electrons. The van der Waals surface area contributed by atoms with E-state index in [9.17, 15) is 9.59 Å². The van der Waals surface area contributed by atoms with Crippen molar-refractivity contribution in [3.05, 3.63) is 35.9 Å². The van der Waals surface area contributed by atoms with Gasteiger partial charge in [0.15, 0.2) is 5.78 Å². The van der Waals surface area contributed by atoms with Crippen LogP contribution < -0.4 is 0 Å². The van der Waals surface area contributed by atoms with Crippen molar-refractivity contribution in [2.75, 3.05) is 46.8 Å². The number of benzene rings is 1. The summed E-state index contributed by atoms with van der Waals surface area (Å²) in [6, 6.07) is 9.20. The maximum atomic E-state index is 13.0. The minimum atomic E-state index is -0.495. The second-order valence-electron chi connectivity index (χ2n) is 8.01. The van der Waals surface area contributed by atoms with Crippen LogP contribution in [0.2, 0.25) is 0 Å². The maximum absolute atomic E-state index is 13.0.